The first kappa shape index (κ1) is 11.5. The molecule has 0 fully saturated rings. The first-order valence-electron chi connectivity index (χ1n) is 5.67. The SMILES string of the molecule is CCCC1CCn2nc(C(F)F)cc2C1O. The molecule has 3 nitrogen and oxygen atoms in total. The Morgan fingerprint density at radius 1 is 1.62 bits per heavy atom. The molecule has 2 atom stereocenters. The van der Waals surface area contributed by atoms with Crippen molar-refractivity contribution in [3.63, 3.8) is 0 Å². The molecular formula is C11H16F2N2O. The number of rotatable bonds is 3. The number of aliphatic hydroxyl groups excluding tert-OH is 1. The van der Waals surface area contributed by atoms with Gasteiger partial charge in [-0.25, -0.2) is 8.78 Å². The summed E-state index contributed by atoms with van der Waals surface area (Å²) in [4.78, 5) is 0. The maximum Gasteiger partial charge on any atom is 0.282 e. The molecule has 0 spiro atoms. The quantitative estimate of drug-likeness (QED) is 0.866. The molecule has 0 aliphatic carbocycles. The Kier molecular flexibility index (Phi) is 3.23. The summed E-state index contributed by atoms with van der Waals surface area (Å²) in [6.07, 6.45) is -0.469. The molecule has 0 saturated heterocycles. The van der Waals surface area contributed by atoms with E-state index in [1.165, 1.54) is 10.7 Å². The summed E-state index contributed by atoms with van der Waals surface area (Å²) in [5.74, 6) is 0.180. The summed E-state index contributed by atoms with van der Waals surface area (Å²) in [6, 6.07) is 1.33. The summed E-state index contributed by atoms with van der Waals surface area (Å²) in [7, 11) is 0. The molecule has 5 heteroatoms. The Balaban J connectivity index is 2.23. The Labute approximate surface area is 93.1 Å². The average molecular weight is 230 g/mol. The lowest BCUT2D eigenvalue weighted by Crippen LogP contribution is -2.24. The highest BCUT2D eigenvalue weighted by Gasteiger charge is 2.30. The van der Waals surface area contributed by atoms with E-state index in [2.05, 4.69) is 12.0 Å². The van der Waals surface area contributed by atoms with Gasteiger partial charge >= 0.3 is 0 Å². The molecule has 0 radical (unpaired) electrons. The lowest BCUT2D eigenvalue weighted by Gasteiger charge is -2.28. The van der Waals surface area contributed by atoms with Crippen molar-refractivity contribution in [3.8, 4) is 0 Å². The molecule has 1 N–H and O–H groups in total. The summed E-state index contributed by atoms with van der Waals surface area (Å²) < 4.78 is 26.4. The molecule has 0 amide bonds. The second-order valence-electron chi connectivity index (χ2n) is 4.30. The fourth-order valence-corrected chi connectivity index (χ4v) is 2.34. The van der Waals surface area contributed by atoms with Crippen LogP contribution in [0.1, 0.15) is 50.1 Å². The molecule has 0 aromatic carbocycles. The van der Waals surface area contributed by atoms with Gasteiger partial charge in [-0.1, -0.05) is 13.3 Å². The van der Waals surface area contributed by atoms with Gasteiger partial charge in [0.25, 0.3) is 6.43 Å². The van der Waals surface area contributed by atoms with Crippen molar-refractivity contribution in [3.05, 3.63) is 17.5 Å². The molecule has 2 rings (SSSR count). The molecule has 1 aliphatic rings. The third-order valence-electron chi connectivity index (χ3n) is 3.17. The van der Waals surface area contributed by atoms with E-state index in [0.29, 0.717) is 12.2 Å². The van der Waals surface area contributed by atoms with Crippen LogP contribution in [-0.2, 0) is 6.54 Å². The van der Waals surface area contributed by atoms with Gasteiger partial charge in [0.2, 0.25) is 0 Å². The molecule has 2 unspecified atom stereocenters. The molecule has 16 heavy (non-hydrogen) atoms. The van der Waals surface area contributed by atoms with E-state index >= 15 is 0 Å². The number of aromatic nitrogens is 2. The van der Waals surface area contributed by atoms with Crippen LogP contribution < -0.4 is 0 Å². The third kappa shape index (κ3) is 1.96. The van der Waals surface area contributed by atoms with E-state index in [9.17, 15) is 13.9 Å². The highest BCUT2D eigenvalue weighted by atomic mass is 19.3. The van der Waals surface area contributed by atoms with Crippen LogP contribution >= 0.6 is 0 Å². The normalized spacial score (nSPS) is 24.8. The highest BCUT2D eigenvalue weighted by Crippen LogP contribution is 2.34. The Morgan fingerprint density at radius 2 is 2.38 bits per heavy atom. The highest BCUT2D eigenvalue weighted by molar-refractivity contribution is 5.16. The molecule has 90 valence electrons. The number of hydrogen-bond acceptors (Lipinski definition) is 2. The molecule has 1 aliphatic heterocycles. The predicted octanol–water partition coefficient (Wildman–Crippen LogP) is 2.67. The molecule has 1 aromatic heterocycles. The average Bonchev–Trinajstić information content (AvgIpc) is 2.67. The smallest absolute Gasteiger partial charge is 0.282 e. The van der Waals surface area contributed by atoms with Crippen LogP contribution in [0.5, 0.6) is 0 Å². The maximum atomic E-state index is 12.5. The van der Waals surface area contributed by atoms with Crippen molar-refractivity contribution < 1.29 is 13.9 Å². The van der Waals surface area contributed by atoms with Gasteiger partial charge in [0, 0.05) is 6.54 Å². The van der Waals surface area contributed by atoms with Gasteiger partial charge < -0.3 is 5.11 Å². The zero-order valence-corrected chi connectivity index (χ0v) is 9.24. The van der Waals surface area contributed by atoms with Gasteiger partial charge in [0.15, 0.2) is 0 Å². The first-order chi connectivity index (χ1) is 7.63. The van der Waals surface area contributed by atoms with Crippen molar-refractivity contribution in [2.24, 2.45) is 5.92 Å². The number of fused-ring (bicyclic) bond motifs is 1. The Hall–Kier alpha value is -0.970. The van der Waals surface area contributed by atoms with Gasteiger partial charge in [-0.05, 0) is 24.8 Å². The Bertz CT molecular complexity index is 365. The lowest BCUT2D eigenvalue weighted by atomic mass is 9.89. The van der Waals surface area contributed by atoms with Crippen LogP contribution in [0, 0.1) is 5.92 Å². The van der Waals surface area contributed by atoms with Crippen LogP contribution in [-0.4, -0.2) is 14.9 Å². The van der Waals surface area contributed by atoms with Crippen molar-refractivity contribution in [2.45, 2.75) is 45.3 Å². The first-order valence-corrected chi connectivity index (χ1v) is 5.67. The topological polar surface area (TPSA) is 38.0 Å². The lowest BCUT2D eigenvalue weighted by molar-refractivity contribution is 0.0675. The summed E-state index contributed by atoms with van der Waals surface area (Å²) in [5.41, 5.74) is 0.311. The van der Waals surface area contributed by atoms with E-state index in [1.807, 2.05) is 0 Å². The standard InChI is InChI=1S/C11H16F2N2O/c1-2-3-7-4-5-15-9(10(7)16)6-8(14-15)11(12)13/h6-7,10-11,16H,2-5H2,1H3. The van der Waals surface area contributed by atoms with E-state index < -0.39 is 12.5 Å². The van der Waals surface area contributed by atoms with E-state index in [0.717, 1.165) is 19.3 Å². The van der Waals surface area contributed by atoms with E-state index in [1.54, 1.807) is 0 Å². The van der Waals surface area contributed by atoms with Crippen molar-refractivity contribution >= 4 is 0 Å². The summed E-state index contributed by atoms with van der Waals surface area (Å²) in [5, 5.41) is 13.8. The van der Waals surface area contributed by atoms with Gasteiger partial charge in [-0.2, -0.15) is 5.10 Å². The predicted molar refractivity (Wildman–Crippen MR) is 55.2 cm³/mol. The van der Waals surface area contributed by atoms with Gasteiger partial charge in [-0.15, -0.1) is 0 Å². The van der Waals surface area contributed by atoms with Gasteiger partial charge in [0.05, 0.1) is 11.8 Å². The molecule has 0 saturated carbocycles. The zero-order valence-electron chi connectivity index (χ0n) is 9.24. The van der Waals surface area contributed by atoms with Crippen LogP contribution in [0.2, 0.25) is 0 Å². The molecular weight excluding hydrogens is 214 g/mol. The largest absolute Gasteiger partial charge is 0.387 e. The van der Waals surface area contributed by atoms with Crippen LogP contribution in [0.4, 0.5) is 8.78 Å². The Morgan fingerprint density at radius 3 is 3.00 bits per heavy atom. The number of halogens is 2. The van der Waals surface area contributed by atoms with Crippen molar-refractivity contribution in [1.82, 2.24) is 9.78 Å². The second kappa shape index (κ2) is 4.49. The molecule has 0 bridgehead atoms. The van der Waals surface area contributed by atoms with E-state index in [-0.39, 0.29) is 11.6 Å². The van der Waals surface area contributed by atoms with Crippen LogP contribution in [0.3, 0.4) is 0 Å². The minimum atomic E-state index is -2.56. The second-order valence-corrected chi connectivity index (χ2v) is 4.30. The monoisotopic (exact) mass is 230 g/mol. The number of aliphatic hydroxyl groups is 1. The van der Waals surface area contributed by atoms with Crippen molar-refractivity contribution in [2.75, 3.05) is 0 Å². The molecule has 1 aromatic rings. The van der Waals surface area contributed by atoms with Gasteiger partial charge in [-0.3, -0.25) is 4.68 Å². The number of nitrogens with zero attached hydrogens (tertiary/aromatic N) is 2. The summed E-state index contributed by atoms with van der Waals surface area (Å²) in [6.45, 7) is 2.69. The number of aryl methyl sites for hydroxylation is 1. The van der Waals surface area contributed by atoms with Crippen molar-refractivity contribution in [1.29, 1.82) is 0 Å². The van der Waals surface area contributed by atoms with Gasteiger partial charge in [0.1, 0.15) is 5.69 Å². The molecule has 2 heterocycles. The fraction of sp³-hybridized carbons (Fsp3) is 0.727. The number of hydrogen-bond donors (Lipinski definition) is 1. The fourth-order valence-electron chi connectivity index (χ4n) is 2.34. The number of alkyl halides is 2. The third-order valence-corrected chi connectivity index (χ3v) is 3.17. The van der Waals surface area contributed by atoms with E-state index in [4.69, 9.17) is 0 Å². The summed E-state index contributed by atoms with van der Waals surface area (Å²) >= 11 is 0. The van der Waals surface area contributed by atoms with Crippen LogP contribution in [0.25, 0.3) is 0 Å². The maximum absolute atomic E-state index is 12.5. The zero-order chi connectivity index (χ0) is 11.7. The van der Waals surface area contributed by atoms with Crippen LogP contribution in [0.15, 0.2) is 6.07 Å². The minimum Gasteiger partial charge on any atom is -0.387 e. The minimum absolute atomic E-state index is 0.180.